The van der Waals surface area contributed by atoms with Crippen LogP contribution in [0.2, 0.25) is 0 Å². The van der Waals surface area contributed by atoms with E-state index in [-0.39, 0.29) is 10.8 Å². The van der Waals surface area contributed by atoms with Gasteiger partial charge in [-0.1, -0.05) is 410 Å². The first-order valence-corrected chi connectivity index (χ1v) is 50.6. The molecular formula is C140H96N4O2. The van der Waals surface area contributed by atoms with Crippen LogP contribution in [0.1, 0.15) is 49.9 Å². The quantitative estimate of drug-likeness (QED) is 0.103. The van der Waals surface area contributed by atoms with Crippen molar-refractivity contribution in [1.29, 1.82) is 0 Å². The molecule has 0 fully saturated rings. The molecule has 0 atom stereocenters. The standard InChI is InChI=1S/C73H50N2O.C67H46N2O/c1-73(2)65-25-13-11-22-59(65)60-42-41-57(46-66(60)73)74(69-27-15-24-62-70-58-21-10-9-18-54(58)45-63(72(70)76-71(62)69)52-16-5-3-6-17-52)56-39-36-50(37-40-56)49-30-28-47(29-31-49)48-32-34-51(35-33-48)53-38-43-68-64(44-53)61-23-12-14-26-67(61)75(68)55-19-7-4-8-20-55;1-67(2)59-23-11-8-19-53(59)54-40-39-51(42-60(54)67)68(63-26-14-22-57-64-52-18-7-6-17-48(52)41-58(66(64)70-65(57)63)47-15-4-3-5-16-47)49-35-31-45(32-36-49)43-27-29-44(30-28-43)46-33-37-50(38-34-46)69-61-24-12-9-20-55(61)56-21-10-13-25-62(56)69/h3-46H,1-2H3;3-42H,1-2H3. The number of fused-ring (bicyclic) bond motifs is 22. The van der Waals surface area contributed by atoms with Crippen molar-refractivity contribution >= 4 is 143 Å². The molecule has 146 heavy (non-hydrogen) atoms. The molecule has 0 amide bonds. The summed E-state index contributed by atoms with van der Waals surface area (Å²) in [5, 5.41) is 14.3. The normalized spacial score (nSPS) is 12.8. The van der Waals surface area contributed by atoms with Crippen molar-refractivity contribution in [2.45, 2.75) is 38.5 Å². The third-order valence-electron chi connectivity index (χ3n) is 31.2. The Balaban J connectivity index is 0.000000142. The summed E-state index contributed by atoms with van der Waals surface area (Å²) in [7, 11) is 0. The first kappa shape index (κ1) is 85.4. The van der Waals surface area contributed by atoms with Crippen LogP contribution in [0.3, 0.4) is 0 Å². The molecule has 4 aromatic heterocycles. The molecule has 0 N–H and O–H groups in total. The van der Waals surface area contributed by atoms with Gasteiger partial charge in [-0.3, -0.25) is 0 Å². The molecule has 6 nitrogen and oxygen atoms in total. The molecule has 27 aromatic rings. The fourth-order valence-electron chi connectivity index (χ4n) is 24.0. The number of benzene rings is 23. The minimum absolute atomic E-state index is 0.160. The zero-order valence-corrected chi connectivity index (χ0v) is 81.1. The second kappa shape index (κ2) is 34.1. The molecule has 0 saturated heterocycles. The number of para-hydroxylation sites is 6. The SMILES string of the molecule is CC1(C)c2ccccc2-c2ccc(N(c3ccc(-c4ccc(-c5ccc(-c6ccc7c(c6)c6ccccc6n7-c6ccccc6)cc5)cc4)cc3)c3cccc4c3oc3c(-c5ccccc5)cc5ccccc5c34)cc21.CC1(C)c2ccccc2-c2ccc(N(c3ccc(-c4ccc(-c5ccc(-n6c7ccccc7c7ccccc76)cc5)cc4)cc3)c3cccc4c3oc3c(-c5ccccc5)cc5ccccc5c34)cc21. The van der Waals surface area contributed by atoms with Crippen LogP contribution >= 0.6 is 0 Å². The molecule has 0 aliphatic heterocycles. The van der Waals surface area contributed by atoms with E-state index in [4.69, 9.17) is 8.83 Å². The van der Waals surface area contributed by atoms with Gasteiger partial charge in [-0.2, -0.15) is 0 Å². The van der Waals surface area contributed by atoms with Crippen molar-refractivity contribution in [2.24, 2.45) is 0 Å². The lowest BCUT2D eigenvalue weighted by Crippen LogP contribution is -2.16. The van der Waals surface area contributed by atoms with Crippen molar-refractivity contribution in [1.82, 2.24) is 9.13 Å². The minimum atomic E-state index is -0.165. The molecule has 0 unspecified atom stereocenters. The van der Waals surface area contributed by atoms with Crippen molar-refractivity contribution in [3.05, 3.63) is 532 Å². The number of aromatic nitrogens is 2. The van der Waals surface area contributed by atoms with Crippen LogP contribution < -0.4 is 9.80 Å². The number of nitrogens with zero attached hydrogens (tertiary/aromatic N) is 4. The molecule has 29 rings (SSSR count). The van der Waals surface area contributed by atoms with Gasteiger partial charge in [-0.05, 0) is 260 Å². The van der Waals surface area contributed by atoms with E-state index in [0.29, 0.717) is 0 Å². The largest absolute Gasteiger partial charge is 0.453 e. The van der Waals surface area contributed by atoms with E-state index in [1.165, 1.54) is 154 Å². The lowest BCUT2D eigenvalue weighted by molar-refractivity contribution is 0.660. The highest BCUT2D eigenvalue weighted by atomic mass is 16.3. The van der Waals surface area contributed by atoms with Gasteiger partial charge in [0.05, 0.1) is 33.4 Å². The molecule has 0 spiro atoms. The molecule has 4 heterocycles. The third kappa shape index (κ3) is 13.9. The summed E-state index contributed by atoms with van der Waals surface area (Å²) >= 11 is 0. The summed E-state index contributed by atoms with van der Waals surface area (Å²) in [5.74, 6) is 0. The van der Waals surface area contributed by atoms with Crippen LogP contribution in [0.4, 0.5) is 34.1 Å². The van der Waals surface area contributed by atoms with Crippen LogP contribution in [0.25, 0.3) is 221 Å². The minimum Gasteiger partial charge on any atom is -0.453 e. The van der Waals surface area contributed by atoms with Crippen LogP contribution in [0.5, 0.6) is 0 Å². The van der Waals surface area contributed by atoms with Crippen molar-refractivity contribution in [3.63, 3.8) is 0 Å². The summed E-state index contributed by atoms with van der Waals surface area (Å²) in [6, 6.07) is 186. The molecule has 6 heteroatoms. The van der Waals surface area contributed by atoms with Gasteiger partial charge >= 0.3 is 0 Å². The molecule has 0 saturated carbocycles. The lowest BCUT2D eigenvalue weighted by Gasteiger charge is -2.28. The predicted octanol–water partition coefficient (Wildman–Crippen LogP) is 38.9. The van der Waals surface area contributed by atoms with Crippen molar-refractivity contribution < 1.29 is 8.83 Å². The van der Waals surface area contributed by atoms with E-state index in [2.05, 4.69) is 556 Å². The van der Waals surface area contributed by atoms with E-state index >= 15 is 0 Å². The van der Waals surface area contributed by atoms with E-state index in [1.807, 2.05) is 0 Å². The predicted molar refractivity (Wildman–Crippen MR) is 614 cm³/mol. The number of anilines is 6. The Morgan fingerprint density at radius 2 is 0.473 bits per heavy atom. The van der Waals surface area contributed by atoms with Gasteiger partial charge in [0.2, 0.25) is 0 Å². The number of hydrogen-bond donors (Lipinski definition) is 0. The molecule has 23 aromatic carbocycles. The van der Waals surface area contributed by atoms with E-state index in [1.54, 1.807) is 0 Å². The maximum Gasteiger partial charge on any atom is 0.159 e. The Labute approximate surface area is 846 Å². The Morgan fingerprint density at radius 3 is 0.884 bits per heavy atom. The monoisotopic (exact) mass is 1860 g/mol. The second-order valence-electron chi connectivity index (χ2n) is 40.1. The summed E-state index contributed by atoms with van der Waals surface area (Å²) in [6.07, 6.45) is 0. The highest BCUT2D eigenvalue weighted by Gasteiger charge is 2.39. The Morgan fingerprint density at radius 1 is 0.178 bits per heavy atom. The average Bonchev–Trinajstić information content (AvgIpc) is 1.56. The van der Waals surface area contributed by atoms with E-state index < -0.39 is 0 Å². The third-order valence-corrected chi connectivity index (χ3v) is 31.2. The van der Waals surface area contributed by atoms with Gasteiger partial charge in [0.15, 0.2) is 11.2 Å². The summed E-state index contributed by atoms with van der Waals surface area (Å²) in [6.45, 7) is 9.41. The topological polar surface area (TPSA) is 42.6 Å². The van der Waals surface area contributed by atoms with Gasteiger partial charge in [0.1, 0.15) is 11.2 Å². The van der Waals surface area contributed by atoms with Gasteiger partial charge in [-0.15, -0.1) is 0 Å². The van der Waals surface area contributed by atoms with Crippen LogP contribution in [0, 0.1) is 0 Å². The molecule has 0 radical (unpaired) electrons. The maximum atomic E-state index is 7.26. The first-order valence-electron chi connectivity index (χ1n) is 50.6. The van der Waals surface area contributed by atoms with Crippen molar-refractivity contribution in [2.75, 3.05) is 9.80 Å². The smallest absolute Gasteiger partial charge is 0.159 e. The fourth-order valence-corrected chi connectivity index (χ4v) is 24.0. The molecule has 0 bridgehead atoms. The van der Waals surface area contributed by atoms with Gasteiger partial charge in [0, 0.05) is 99.2 Å². The van der Waals surface area contributed by atoms with Gasteiger partial charge < -0.3 is 27.8 Å². The lowest BCUT2D eigenvalue weighted by atomic mass is 9.82. The first-order chi connectivity index (χ1) is 71.9. The van der Waals surface area contributed by atoms with E-state index in [9.17, 15) is 0 Å². The number of rotatable bonds is 15. The molecule has 2 aliphatic rings. The zero-order chi connectivity index (χ0) is 97.0. The van der Waals surface area contributed by atoms with Gasteiger partial charge in [-0.25, -0.2) is 0 Å². The highest BCUT2D eigenvalue weighted by Crippen LogP contribution is 2.57. The van der Waals surface area contributed by atoms with Crippen LogP contribution in [-0.2, 0) is 10.8 Å². The van der Waals surface area contributed by atoms with Crippen molar-refractivity contribution in [3.8, 4) is 112 Å². The number of hydrogen-bond acceptors (Lipinski definition) is 4. The Hall–Kier alpha value is -18.6. The molecule has 688 valence electrons. The summed E-state index contributed by atoms with van der Waals surface area (Å²) < 4.78 is 19.2. The van der Waals surface area contributed by atoms with Crippen LogP contribution in [0.15, 0.2) is 518 Å². The molecular weight excluding hydrogens is 1770 g/mol. The van der Waals surface area contributed by atoms with Crippen LogP contribution in [-0.4, -0.2) is 9.13 Å². The summed E-state index contributed by atoms with van der Waals surface area (Å²) in [4.78, 5) is 4.79. The fraction of sp³-hybridized carbons (Fsp3) is 0.0429. The zero-order valence-electron chi connectivity index (χ0n) is 81.1. The van der Waals surface area contributed by atoms with E-state index in [0.717, 1.165) is 123 Å². The van der Waals surface area contributed by atoms with Gasteiger partial charge in [0.25, 0.3) is 0 Å². The molecule has 2 aliphatic carbocycles. The number of furan rings is 2. The second-order valence-corrected chi connectivity index (χ2v) is 40.1. The maximum absolute atomic E-state index is 7.26. The average molecular weight is 1870 g/mol. The summed E-state index contributed by atoms with van der Waals surface area (Å²) in [5.41, 5.74) is 43.4. The highest BCUT2D eigenvalue weighted by molar-refractivity contribution is 6.26. The Bertz CT molecular complexity index is 9820. The Kier molecular flexibility index (Phi) is 19.9.